The second kappa shape index (κ2) is 8.73. The molecule has 1 atom stereocenters. The van der Waals surface area contributed by atoms with E-state index >= 15 is 0 Å². The van der Waals surface area contributed by atoms with Crippen molar-refractivity contribution in [2.45, 2.75) is 45.3 Å². The van der Waals surface area contributed by atoms with Crippen LogP contribution in [0.1, 0.15) is 40.2 Å². The van der Waals surface area contributed by atoms with Gasteiger partial charge < -0.3 is 13.9 Å². The molecule has 0 bridgehead atoms. The van der Waals surface area contributed by atoms with Crippen LogP contribution in [0.25, 0.3) is 0 Å². The van der Waals surface area contributed by atoms with Crippen LogP contribution in [0.5, 0.6) is 0 Å². The molecule has 0 aromatic heterocycles. The molecule has 0 unspecified atom stereocenters. The summed E-state index contributed by atoms with van der Waals surface area (Å²) < 4.78 is 25.4. The van der Waals surface area contributed by atoms with E-state index in [0.717, 1.165) is 11.3 Å². The molecule has 3 rings (SSSR count). The summed E-state index contributed by atoms with van der Waals surface area (Å²) >= 11 is 0. The number of hydrogen-bond donors (Lipinski definition) is 0. The van der Waals surface area contributed by atoms with Crippen molar-refractivity contribution < 1.29 is 18.5 Å². The van der Waals surface area contributed by atoms with Gasteiger partial charge in [-0.1, -0.05) is 13.8 Å². The maximum atomic E-state index is 13.9. The zero-order chi connectivity index (χ0) is 23.7. The molecule has 0 radical (unpaired) electrons. The van der Waals surface area contributed by atoms with E-state index in [-0.39, 0.29) is 18.9 Å². The molecule has 0 fully saturated rings. The maximum absolute atomic E-state index is 13.9. The predicted molar refractivity (Wildman–Crippen MR) is 124 cm³/mol. The Morgan fingerprint density at radius 1 is 1.00 bits per heavy atom. The minimum atomic E-state index is -3.51. The predicted octanol–water partition coefficient (Wildman–Crippen LogP) is 6.72. The van der Waals surface area contributed by atoms with Crippen LogP contribution in [0.2, 0.25) is 0 Å². The van der Waals surface area contributed by atoms with E-state index in [0.29, 0.717) is 11.4 Å². The highest BCUT2D eigenvalue weighted by atomic mass is 31.2. The maximum Gasteiger partial charge on any atom is 0.356 e. The summed E-state index contributed by atoms with van der Waals surface area (Å²) in [5.74, 6) is 0. The number of rotatable bonds is 8. The standard InChI is InChI=1S/C22H29N4O5P/c1-7-30-32(29,31-8-2)22(5)21(3,4)19-15-17(11-14-20(19)25(22)6)24-23-16-9-12-18(13-10-16)26(27)28/h9-15H,7-8H2,1-6H3/t22-/m1/s1. The van der Waals surface area contributed by atoms with Crippen molar-refractivity contribution in [3.8, 4) is 0 Å². The number of likely N-dealkylation sites (N-methyl/N-ethyl adjacent to an activating group) is 1. The Morgan fingerprint density at radius 2 is 1.53 bits per heavy atom. The summed E-state index contributed by atoms with van der Waals surface area (Å²) in [5, 5.41) is 18.4. The Bertz CT molecular complexity index is 1080. The number of azo groups is 1. The lowest BCUT2D eigenvalue weighted by Crippen LogP contribution is -2.52. The summed E-state index contributed by atoms with van der Waals surface area (Å²) in [6.07, 6.45) is 0. The van der Waals surface area contributed by atoms with Gasteiger partial charge in [-0.3, -0.25) is 14.7 Å². The summed E-state index contributed by atoms with van der Waals surface area (Å²) in [7, 11) is -1.61. The first-order valence-corrected chi connectivity index (χ1v) is 12.0. The number of hydrogen-bond acceptors (Lipinski definition) is 8. The Labute approximate surface area is 188 Å². The molecule has 1 aliphatic rings. The molecule has 0 aliphatic carbocycles. The van der Waals surface area contributed by atoms with Crippen molar-refractivity contribution in [1.29, 1.82) is 0 Å². The average molecular weight is 460 g/mol. The molecule has 0 saturated heterocycles. The van der Waals surface area contributed by atoms with Gasteiger partial charge in [-0.25, -0.2) is 0 Å². The minimum absolute atomic E-state index is 0.00132. The van der Waals surface area contributed by atoms with Gasteiger partial charge in [-0.05, 0) is 56.7 Å². The van der Waals surface area contributed by atoms with Crippen molar-refractivity contribution in [1.82, 2.24) is 0 Å². The first kappa shape index (κ1) is 24.0. The van der Waals surface area contributed by atoms with E-state index in [1.807, 2.05) is 50.9 Å². The van der Waals surface area contributed by atoms with Gasteiger partial charge in [0.1, 0.15) is 5.28 Å². The van der Waals surface area contributed by atoms with Gasteiger partial charge in [-0.2, -0.15) is 10.2 Å². The van der Waals surface area contributed by atoms with Crippen LogP contribution in [-0.2, 0) is 19.0 Å². The highest BCUT2D eigenvalue weighted by molar-refractivity contribution is 7.56. The zero-order valence-corrected chi connectivity index (χ0v) is 20.1. The van der Waals surface area contributed by atoms with Gasteiger partial charge in [0.25, 0.3) is 5.69 Å². The molecule has 2 aromatic rings. The third-order valence-electron chi connectivity index (χ3n) is 6.32. The second-order valence-electron chi connectivity index (χ2n) is 8.21. The van der Waals surface area contributed by atoms with Gasteiger partial charge in [0.05, 0.1) is 29.5 Å². The number of non-ortho nitro benzene ring substituents is 1. The Morgan fingerprint density at radius 3 is 2.06 bits per heavy atom. The largest absolute Gasteiger partial charge is 0.357 e. The van der Waals surface area contributed by atoms with Gasteiger partial charge in [0, 0.05) is 30.3 Å². The molecule has 1 aliphatic heterocycles. The van der Waals surface area contributed by atoms with Crippen LogP contribution in [0.15, 0.2) is 52.7 Å². The molecule has 0 spiro atoms. The van der Waals surface area contributed by atoms with Crippen LogP contribution in [-0.4, -0.2) is 30.5 Å². The highest BCUT2D eigenvalue weighted by Crippen LogP contribution is 2.71. The van der Waals surface area contributed by atoms with E-state index in [1.54, 1.807) is 26.0 Å². The third kappa shape index (κ3) is 3.74. The van der Waals surface area contributed by atoms with E-state index in [4.69, 9.17) is 9.05 Å². The van der Waals surface area contributed by atoms with Crippen molar-refractivity contribution in [2.75, 3.05) is 25.2 Å². The smallest absolute Gasteiger partial charge is 0.356 e. The van der Waals surface area contributed by atoms with Gasteiger partial charge in [0.15, 0.2) is 0 Å². The van der Waals surface area contributed by atoms with Crippen molar-refractivity contribution in [3.05, 3.63) is 58.1 Å². The summed E-state index contributed by atoms with van der Waals surface area (Å²) in [4.78, 5) is 12.3. The van der Waals surface area contributed by atoms with E-state index in [9.17, 15) is 14.7 Å². The highest BCUT2D eigenvalue weighted by Gasteiger charge is 2.64. The van der Waals surface area contributed by atoms with Crippen molar-refractivity contribution in [3.63, 3.8) is 0 Å². The summed E-state index contributed by atoms with van der Waals surface area (Å²) in [5.41, 5.74) is 2.42. The SMILES string of the molecule is CCOP(=O)(OCC)[C@@]1(C)N(C)c2ccc(N=Nc3ccc([N+](=O)[O-])cc3)cc2C1(C)C. The third-order valence-corrected chi connectivity index (χ3v) is 9.45. The molecule has 0 saturated carbocycles. The molecular weight excluding hydrogens is 431 g/mol. The summed E-state index contributed by atoms with van der Waals surface area (Å²) in [6.45, 7) is 10.1. The van der Waals surface area contributed by atoms with Gasteiger partial charge >= 0.3 is 7.60 Å². The quantitative estimate of drug-likeness (QED) is 0.187. The normalized spacial score (nSPS) is 20.0. The zero-order valence-electron chi connectivity index (χ0n) is 19.2. The van der Waals surface area contributed by atoms with E-state index < -0.39 is 23.2 Å². The number of benzene rings is 2. The molecule has 0 amide bonds. The fourth-order valence-electron chi connectivity index (χ4n) is 4.20. The number of anilines is 1. The summed E-state index contributed by atoms with van der Waals surface area (Å²) in [6, 6.07) is 11.6. The lowest BCUT2D eigenvalue weighted by Gasteiger charge is -2.46. The van der Waals surface area contributed by atoms with Gasteiger partial charge in [-0.15, -0.1) is 0 Å². The number of nitro groups is 1. The molecule has 32 heavy (non-hydrogen) atoms. The van der Waals surface area contributed by atoms with E-state index in [2.05, 4.69) is 10.2 Å². The number of nitro benzene ring substituents is 1. The molecular formula is C22H29N4O5P. The van der Waals surface area contributed by atoms with Crippen LogP contribution in [0.3, 0.4) is 0 Å². The monoisotopic (exact) mass is 460 g/mol. The first-order valence-electron chi connectivity index (χ1n) is 10.5. The van der Waals surface area contributed by atoms with Crippen molar-refractivity contribution in [2.24, 2.45) is 10.2 Å². The van der Waals surface area contributed by atoms with Crippen molar-refractivity contribution >= 4 is 30.3 Å². The first-order chi connectivity index (χ1) is 15.0. The average Bonchev–Trinajstić information content (AvgIpc) is 2.91. The number of fused-ring (bicyclic) bond motifs is 1. The Kier molecular flexibility index (Phi) is 6.56. The molecule has 9 nitrogen and oxygen atoms in total. The lowest BCUT2D eigenvalue weighted by molar-refractivity contribution is -0.384. The Hall–Kier alpha value is -2.61. The fraction of sp³-hybridized carbons (Fsp3) is 0.455. The lowest BCUT2D eigenvalue weighted by atomic mass is 9.80. The molecule has 172 valence electrons. The minimum Gasteiger partial charge on any atom is -0.357 e. The Balaban J connectivity index is 1.99. The number of nitrogens with zero attached hydrogens (tertiary/aromatic N) is 4. The van der Waals surface area contributed by atoms with Crippen LogP contribution in [0, 0.1) is 10.1 Å². The van der Waals surface area contributed by atoms with Gasteiger partial charge in [0.2, 0.25) is 0 Å². The molecule has 10 heteroatoms. The molecule has 2 aromatic carbocycles. The topological polar surface area (TPSA) is 107 Å². The van der Waals surface area contributed by atoms with E-state index in [1.165, 1.54) is 12.1 Å². The molecule has 1 heterocycles. The van der Waals surface area contributed by atoms with Crippen LogP contribution >= 0.6 is 7.60 Å². The molecule has 0 N–H and O–H groups in total. The van der Waals surface area contributed by atoms with Crippen LogP contribution < -0.4 is 4.90 Å². The fourth-order valence-corrected chi connectivity index (χ4v) is 6.74. The second-order valence-corrected chi connectivity index (χ2v) is 10.6. The van der Waals surface area contributed by atoms with Crippen LogP contribution in [0.4, 0.5) is 22.7 Å².